The van der Waals surface area contributed by atoms with E-state index in [1.165, 1.54) is 10.9 Å². The number of nitrogens with zero attached hydrogens (tertiary/aromatic N) is 4. The molecule has 60 nitrogen and oxygen atoms in total. The van der Waals surface area contributed by atoms with Crippen LogP contribution < -0.4 is 384 Å². The van der Waals surface area contributed by atoms with Gasteiger partial charge in [-0.1, -0.05) is 30.4 Å². The van der Waals surface area contributed by atoms with Crippen molar-refractivity contribution in [3.63, 3.8) is 0 Å². The summed E-state index contributed by atoms with van der Waals surface area (Å²) in [6.07, 6.45) is -27.0. The minimum absolute atomic E-state index is 0. The number of hydrogen-bond donors (Lipinski definition) is 4. The van der Waals surface area contributed by atoms with Crippen LogP contribution in [0.1, 0.15) is 32.4 Å². The number of hydrogen-bond acceptors (Lipinski definition) is 54. The molecule has 624 valence electrons. The van der Waals surface area contributed by atoms with Crippen molar-refractivity contribution in [2.75, 3.05) is 19.8 Å². The first-order valence-electron chi connectivity index (χ1n) is 25.2. The second-order valence-corrected chi connectivity index (χ2v) is 32.0. The molecule has 1 unspecified atom stereocenters. The molecule has 1 saturated carbocycles. The molecule has 4 aliphatic rings. The number of aromatic nitrogens is 3. The molecular formula is C32H45N4Na13O56S13-4. The zero-order chi connectivity index (χ0) is 82.3. The smallest absolute Gasteiger partial charge is 0.735 e. The Morgan fingerprint density at radius 3 is 1.19 bits per heavy atom. The number of rotatable bonds is 31. The molecule has 118 heavy (non-hydrogen) atoms. The predicted octanol–water partition coefficient (Wildman–Crippen LogP) is -51.2. The van der Waals surface area contributed by atoms with Crippen LogP contribution in [0.3, 0.4) is 0 Å². The second-order valence-electron chi connectivity index (χ2n) is 19.1. The molecule has 5 rings (SSSR count). The molecule has 86 heteroatoms. The molecule has 15 atom stereocenters. The van der Waals surface area contributed by atoms with Gasteiger partial charge in [-0.3, -0.25) is 52.5 Å². The van der Waals surface area contributed by atoms with Crippen molar-refractivity contribution in [2.45, 2.75) is 126 Å². The summed E-state index contributed by atoms with van der Waals surface area (Å²) in [5, 5.41) is 7.71. The molecule has 1 aromatic heterocycles. The predicted molar refractivity (Wildman–Crippen MR) is 293 cm³/mol. The molecule has 1 aromatic rings. The van der Waals surface area contributed by atoms with Gasteiger partial charge >= 0.3 is 384 Å². The summed E-state index contributed by atoms with van der Waals surface area (Å²) in [6, 6.07) is -5.48. The van der Waals surface area contributed by atoms with Crippen molar-refractivity contribution in [3.05, 3.63) is 49.2 Å². The van der Waals surface area contributed by atoms with E-state index in [-0.39, 0.29) is 409 Å². The molecule has 3 fully saturated rings. The van der Waals surface area contributed by atoms with Gasteiger partial charge in [0, 0.05) is 31.1 Å². The van der Waals surface area contributed by atoms with Crippen molar-refractivity contribution in [2.24, 2.45) is 5.92 Å². The Kier molecular flexibility index (Phi) is 89.1. The van der Waals surface area contributed by atoms with Crippen LogP contribution in [0.25, 0.3) is 0 Å². The Bertz CT molecular complexity index is 4540. The van der Waals surface area contributed by atoms with Gasteiger partial charge in [0.05, 0.1) is 57.0 Å². The first-order valence-corrected chi connectivity index (χ1v) is 42.7. The summed E-state index contributed by atoms with van der Waals surface area (Å²) >= 11 is 0. The van der Waals surface area contributed by atoms with Crippen LogP contribution in [0.2, 0.25) is 0 Å². The largest absolute Gasteiger partial charge is 1.00 e. The van der Waals surface area contributed by atoms with E-state index < -0.39 is 269 Å². The van der Waals surface area contributed by atoms with Crippen molar-refractivity contribution in [1.82, 2.24) is 19.3 Å². The first-order chi connectivity index (χ1) is 46.5. The zero-order valence-electron chi connectivity index (χ0n) is 63.2. The van der Waals surface area contributed by atoms with Crippen LogP contribution in [0, 0.1) is 31.6 Å². The monoisotopic (exact) mass is 2100 g/mol. The van der Waals surface area contributed by atoms with Gasteiger partial charge in [0.1, 0.15) is 11.8 Å². The first kappa shape index (κ1) is 156. The quantitative estimate of drug-likeness (QED) is 0.0176. The van der Waals surface area contributed by atoms with Gasteiger partial charge in [0.15, 0.2) is 10.3 Å². The summed E-state index contributed by atoms with van der Waals surface area (Å²) in [4.78, 5) is 0. The van der Waals surface area contributed by atoms with E-state index in [9.17, 15) is 117 Å². The van der Waals surface area contributed by atoms with Gasteiger partial charge in [0.2, 0.25) is 125 Å². The molecule has 0 aromatic carbocycles. The molecule has 2 aliphatic heterocycles. The maximum absolute atomic E-state index is 13.2. The standard InChI is InChI=1S/C32H50N4O40S9.13Na.4H2O4S/c1-3-4-35-11-19(33-34-35)14-64-21-6-18(13-66-79(43,44)45)30(24(8-21)74-83(55,56)57)70-28-10-25(75-84(58,59)60)32(26(69-28)15-67-80(46,47)48)71-27-9-22(72-81(49,50)51)29(16(2)68-27)36(77(37,38)39)20-5-17(12-65-78(40,41)42)31(76-85(61,62)63)23(7-20)73-82(52,53)54;;;;;;;;;;;;;;4*1-5(2,3)4/h5,7-11,16,18,20-32H,3-4,6,12-15H2,1-2H3,(H,37,38,39)(H,40,41,42)(H,43,44,45)(H,46,47,48)(H,49,50,51)(H,52,53,54)(H,55,56,57)(H,58,59,60)(H,61,62,63);;;;;;;;;;;;;;4*(H2,1,2,3,4)/q-4;13*+1;;;;/p-13/t16-,18-,20+,21-,22-,23-,24-,25-,26-,27-,28-,29-,30-,31?,32+;;;;;;;;;;;;;;;;;/m1................./s1. The van der Waals surface area contributed by atoms with Gasteiger partial charge in [-0.2, -0.15) is 0 Å². The third-order valence-corrected chi connectivity index (χ3v) is 15.8. The van der Waals surface area contributed by atoms with Crippen molar-refractivity contribution in [3.8, 4) is 0 Å². The third-order valence-electron chi connectivity index (χ3n) is 11.2. The molecule has 0 radical (unpaired) electrons. The Morgan fingerprint density at radius 1 is 0.458 bits per heavy atom. The molecule has 2 aliphatic carbocycles. The fraction of sp³-hybridized carbons (Fsp3) is 0.750. The summed E-state index contributed by atoms with van der Waals surface area (Å²) in [6.45, 7) is -2.47. The SMILES string of the molecule is CCCn1cc(CO[C@H]2[CH-][C@@H](OS(=O)(=O)[O-])[C@H](O[C@@H]3[CH-][C@@H](OS(=O)(=O)[O-])[C@H](O[C@@H]4[CH-][C@@H](OS(=O)(=O)[O-])[C@H](N([C@H]5C=C(COS(=O)(=O)[O-])C(OS(=O)(=O)[O-])[C@H](OS(=O)(=O)[O-])[CH-]5)S(=O)(=O)[O-])[C@@H](C)O4)[C@@H](COS(=O)(=O)[O-])O3)[C@@H](COS(=O)(=O)[O-])C2)nn1.O=S(=O)([O-])O.O=S(=O)([O-])O.O=S(=O)([O-])O.O=S(=O)([O-])O.[Na+].[Na+].[Na+].[Na+].[Na+].[Na+].[Na+].[Na+].[Na+].[Na+].[Na+].[Na+].[Na+]. The molecule has 4 N–H and O–H groups in total. The zero-order valence-corrected chi connectivity index (χ0v) is 99.8. The summed E-state index contributed by atoms with van der Waals surface area (Å²) in [5.74, 6) is -1.73. The van der Waals surface area contributed by atoms with Crippen LogP contribution in [0.5, 0.6) is 0 Å². The van der Waals surface area contributed by atoms with Crippen molar-refractivity contribution >= 4 is 135 Å². The van der Waals surface area contributed by atoms with E-state index in [4.69, 9.17) is 93.8 Å². The van der Waals surface area contributed by atoms with Crippen LogP contribution in [-0.2, 0) is 205 Å². The van der Waals surface area contributed by atoms with E-state index in [2.05, 4.69) is 43.8 Å². The maximum Gasteiger partial charge on any atom is 1.00 e. The summed E-state index contributed by atoms with van der Waals surface area (Å²) < 4.78 is 519. The molecule has 3 heterocycles. The molecular weight excluding hydrogens is 2050 g/mol. The van der Waals surface area contributed by atoms with Crippen molar-refractivity contribution in [1.29, 1.82) is 0 Å². The van der Waals surface area contributed by atoms with Crippen LogP contribution >= 0.6 is 0 Å². The van der Waals surface area contributed by atoms with E-state index in [1.54, 1.807) is 6.92 Å². The number of aryl methyl sites for hydroxylation is 1. The van der Waals surface area contributed by atoms with Gasteiger partial charge < -0.3 is 99.6 Å². The summed E-state index contributed by atoms with van der Waals surface area (Å²) in [5.41, 5.74) is -1.18. The Labute approximate surface area is 964 Å². The minimum atomic E-state index is -6.47. The number of ether oxygens (including phenoxy) is 5. The molecule has 0 spiro atoms. The summed E-state index contributed by atoms with van der Waals surface area (Å²) in [7, 11) is -74.3. The van der Waals surface area contributed by atoms with Gasteiger partial charge in [-0.25, -0.2) is 127 Å². The van der Waals surface area contributed by atoms with Crippen LogP contribution in [-0.4, -0.2) is 312 Å². The molecule has 2 saturated heterocycles. The van der Waals surface area contributed by atoms with Gasteiger partial charge in [-0.15, -0.1) is 5.10 Å². The Morgan fingerprint density at radius 2 is 0.814 bits per heavy atom. The maximum atomic E-state index is 13.2. The van der Waals surface area contributed by atoms with Gasteiger partial charge in [-0.05, 0) is 49.8 Å². The Hall–Kier alpha value is 9.99. The van der Waals surface area contributed by atoms with E-state index in [0.29, 0.717) is 26.3 Å². The minimum Gasteiger partial charge on any atom is -0.735 e. The van der Waals surface area contributed by atoms with Crippen LogP contribution in [0.4, 0.5) is 0 Å². The molecule has 0 bridgehead atoms. The van der Waals surface area contributed by atoms with E-state index in [1.807, 2.05) is 0 Å². The molecule has 0 amide bonds. The van der Waals surface area contributed by atoms with Crippen molar-refractivity contribution < 1.29 is 628 Å². The topological polar surface area (TPSA) is 978 Å². The Balaban J connectivity index is -0.000000271. The van der Waals surface area contributed by atoms with E-state index >= 15 is 0 Å². The normalized spacial score (nSPS) is 24.3. The van der Waals surface area contributed by atoms with Crippen LogP contribution in [0.15, 0.2) is 17.8 Å². The van der Waals surface area contributed by atoms with E-state index in [0.717, 1.165) is 6.42 Å². The second kappa shape index (κ2) is 67.4. The average Bonchev–Trinajstić information content (AvgIpc) is 0.855. The fourth-order valence-corrected chi connectivity index (χ4v) is 12.7. The third kappa shape index (κ3) is 80.9. The van der Waals surface area contributed by atoms with Gasteiger partial charge in [0.25, 0.3) is 0 Å². The average molecular weight is 2100 g/mol. The fourth-order valence-electron chi connectivity index (χ4n) is 8.53.